The third-order valence-electron chi connectivity index (χ3n) is 6.89. The van der Waals surface area contributed by atoms with E-state index in [1.54, 1.807) is 24.3 Å². The summed E-state index contributed by atoms with van der Waals surface area (Å²) in [5, 5.41) is 21.3. The second-order valence-corrected chi connectivity index (χ2v) is 8.76. The Labute approximate surface area is 218 Å². The van der Waals surface area contributed by atoms with E-state index in [1.807, 2.05) is 12.1 Å². The lowest BCUT2D eigenvalue weighted by atomic mass is 9.96. The summed E-state index contributed by atoms with van der Waals surface area (Å²) in [6.07, 6.45) is 0. The van der Waals surface area contributed by atoms with Crippen LogP contribution >= 0.6 is 0 Å². The Bertz CT molecular complexity index is 2610. The summed E-state index contributed by atoms with van der Waals surface area (Å²) >= 11 is 0. The molecular weight excluding hydrogens is 512 g/mol. The predicted molar refractivity (Wildman–Crippen MR) is 140 cm³/mol. The molecule has 0 spiro atoms. The number of pyridine rings is 2. The van der Waals surface area contributed by atoms with Crippen LogP contribution in [0.25, 0.3) is 75.9 Å². The lowest BCUT2D eigenvalue weighted by Crippen LogP contribution is -2.17. The molecule has 0 amide bonds. The maximum absolute atomic E-state index is 13.8. The molecule has 0 N–H and O–H groups in total. The first kappa shape index (κ1) is 21.2. The fraction of sp³-hybridized carbons (Fsp3) is 0. The largest absolute Gasteiger partial charge is 0.370 e. The molecule has 6 aromatic heterocycles. The number of benzene rings is 2. The van der Waals surface area contributed by atoms with Gasteiger partial charge in [0.2, 0.25) is 0 Å². The highest BCUT2D eigenvalue weighted by Crippen LogP contribution is 2.36. The molecule has 8 aromatic rings. The van der Waals surface area contributed by atoms with Crippen LogP contribution in [0.4, 0.5) is 11.6 Å². The summed E-state index contributed by atoms with van der Waals surface area (Å²) in [4.78, 5) is 59.7. The van der Waals surface area contributed by atoms with Gasteiger partial charge in [0.1, 0.15) is 12.1 Å². The highest BCUT2D eigenvalue weighted by molar-refractivity contribution is 6.27. The Kier molecular flexibility index (Phi) is 3.66. The summed E-state index contributed by atoms with van der Waals surface area (Å²) in [6, 6.07) is 10.1. The molecule has 40 heavy (non-hydrogen) atoms. The predicted octanol–water partition coefficient (Wildman–Crippen LogP) is 2.77. The standard InChI is InChI=1S/C26H4N12O2/c1-29-17-18(30-2)34-24-20(33-17)36-22-10-4-5-11-15-9(3-6-12(16(10)15)26(40)38(22)24)21-35-19-23(37(21)25(11)39)32-14(8-28)13(7-27)31-19/h3-6H. The van der Waals surface area contributed by atoms with Gasteiger partial charge in [-0.05, 0) is 24.3 Å². The van der Waals surface area contributed by atoms with Gasteiger partial charge in [-0.15, -0.1) is 9.97 Å². The van der Waals surface area contributed by atoms with E-state index < -0.39 is 11.1 Å². The van der Waals surface area contributed by atoms with Crippen LogP contribution in [0.15, 0.2) is 33.9 Å². The number of imidazole rings is 2. The summed E-state index contributed by atoms with van der Waals surface area (Å²) in [5.41, 5.74) is -0.845. The van der Waals surface area contributed by atoms with E-state index in [0.29, 0.717) is 21.5 Å². The van der Waals surface area contributed by atoms with Gasteiger partial charge in [-0.25, -0.2) is 23.8 Å². The molecule has 0 aliphatic heterocycles. The molecule has 0 fully saturated rings. The van der Waals surface area contributed by atoms with Crippen LogP contribution in [0.3, 0.4) is 0 Å². The second kappa shape index (κ2) is 6.90. The van der Waals surface area contributed by atoms with Crippen molar-refractivity contribution in [2.45, 2.75) is 0 Å². The van der Waals surface area contributed by atoms with Crippen molar-refractivity contribution in [1.82, 2.24) is 38.7 Å². The van der Waals surface area contributed by atoms with Gasteiger partial charge in [-0.1, -0.05) is 13.1 Å². The fourth-order valence-corrected chi connectivity index (χ4v) is 5.29. The molecule has 2 aromatic carbocycles. The summed E-state index contributed by atoms with van der Waals surface area (Å²) in [6.45, 7) is 14.6. The SMILES string of the molecule is [C-]#[N+]c1nc2nc3c4ccc5c(=O)n6c7nc(C#N)c(C#N)nc7nc6c6ccc(c(=O)n3c2nc1[N+]#[C-])c4c56. The number of hydrogen-bond acceptors (Lipinski definition) is 10. The minimum Gasteiger partial charge on any atom is -0.370 e. The average molecular weight is 516 g/mol. The normalized spacial score (nSPS) is 11.6. The first-order valence-electron chi connectivity index (χ1n) is 11.3. The minimum atomic E-state index is -0.491. The number of nitrogens with zero attached hydrogens (tertiary/aromatic N) is 12. The first-order valence-corrected chi connectivity index (χ1v) is 11.3. The highest BCUT2D eigenvalue weighted by atomic mass is 16.1. The van der Waals surface area contributed by atoms with Gasteiger partial charge >= 0.3 is 11.3 Å². The molecule has 8 rings (SSSR count). The van der Waals surface area contributed by atoms with Gasteiger partial charge in [0.05, 0.1) is 0 Å². The average Bonchev–Trinajstić information content (AvgIpc) is 3.55. The molecule has 14 heteroatoms. The summed E-state index contributed by atoms with van der Waals surface area (Å²) in [5.74, 6) is -0.453. The van der Waals surface area contributed by atoms with Crippen molar-refractivity contribution >= 4 is 77.8 Å². The van der Waals surface area contributed by atoms with Crippen LogP contribution in [0.5, 0.6) is 0 Å². The maximum atomic E-state index is 13.8. The van der Waals surface area contributed by atoms with Crippen LogP contribution in [0.2, 0.25) is 0 Å². The quantitative estimate of drug-likeness (QED) is 0.215. The molecule has 180 valence electrons. The zero-order valence-electron chi connectivity index (χ0n) is 19.5. The molecule has 0 unspecified atom stereocenters. The molecule has 6 heterocycles. The smallest absolute Gasteiger partial charge is 0.316 e. The molecule has 0 aliphatic carbocycles. The van der Waals surface area contributed by atoms with Gasteiger partial charge in [-0.2, -0.15) is 15.5 Å². The van der Waals surface area contributed by atoms with Crippen molar-refractivity contribution in [3.63, 3.8) is 0 Å². The number of hydrogen-bond donors (Lipinski definition) is 0. The van der Waals surface area contributed by atoms with Crippen LogP contribution in [-0.2, 0) is 0 Å². The number of aromatic nitrogens is 8. The van der Waals surface area contributed by atoms with Crippen molar-refractivity contribution in [1.29, 1.82) is 10.5 Å². The molecule has 0 atom stereocenters. The van der Waals surface area contributed by atoms with Gasteiger partial charge in [0.25, 0.3) is 22.8 Å². The number of fused-ring (bicyclic) bond motifs is 8. The van der Waals surface area contributed by atoms with E-state index in [1.165, 1.54) is 8.80 Å². The van der Waals surface area contributed by atoms with E-state index in [0.717, 1.165) is 0 Å². The Hall–Kier alpha value is -6.90. The van der Waals surface area contributed by atoms with Crippen molar-refractivity contribution in [3.05, 3.63) is 79.2 Å². The van der Waals surface area contributed by atoms with Crippen molar-refractivity contribution < 1.29 is 0 Å². The van der Waals surface area contributed by atoms with E-state index in [4.69, 9.17) is 13.1 Å². The zero-order valence-corrected chi connectivity index (χ0v) is 19.5. The molecule has 0 bridgehead atoms. The van der Waals surface area contributed by atoms with Crippen LogP contribution < -0.4 is 11.1 Å². The lowest BCUT2D eigenvalue weighted by Gasteiger charge is -2.11. The third-order valence-corrected chi connectivity index (χ3v) is 6.89. The molecule has 0 saturated carbocycles. The van der Waals surface area contributed by atoms with Crippen LogP contribution in [-0.4, -0.2) is 38.7 Å². The second-order valence-electron chi connectivity index (χ2n) is 8.76. The van der Waals surface area contributed by atoms with E-state index in [2.05, 4.69) is 39.6 Å². The molecule has 0 radical (unpaired) electrons. The number of rotatable bonds is 0. The van der Waals surface area contributed by atoms with Gasteiger partial charge in [0.15, 0.2) is 34.0 Å². The molecular formula is C26H4N12O2. The number of nitriles is 2. The van der Waals surface area contributed by atoms with Crippen molar-refractivity contribution in [2.75, 3.05) is 0 Å². The van der Waals surface area contributed by atoms with E-state index >= 15 is 0 Å². The Morgan fingerprint density at radius 3 is 1.57 bits per heavy atom. The fourth-order valence-electron chi connectivity index (χ4n) is 5.29. The van der Waals surface area contributed by atoms with Crippen molar-refractivity contribution in [3.8, 4) is 12.1 Å². The van der Waals surface area contributed by atoms with E-state index in [-0.39, 0.29) is 67.7 Å². The summed E-state index contributed by atoms with van der Waals surface area (Å²) in [7, 11) is 0. The minimum absolute atomic E-state index is 0.0255. The topological polar surface area (TPSA) is 177 Å². The monoisotopic (exact) mass is 516 g/mol. The van der Waals surface area contributed by atoms with Gasteiger partial charge in [-0.3, -0.25) is 9.59 Å². The third kappa shape index (κ3) is 2.28. The molecule has 0 aliphatic rings. The van der Waals surface area contributed by atoms with Gasteiger partial charge in [0, 0.05) is 32.3 Å². The zero-order chi connectivity index (χ0) is 27.4. The molecule has 0 saturated heterocycles. The first-order chi connectivity index (χ1) is 19.5. The van der Waals surface area contributed by atoms with E-state index in [9.17, 15) is 20.1 Å². The summed E-state index contributed by atoms with van der Waals surface area (Å²) < 4.78 is 2.50. The maximum Gasteiger partial charge on any atom is 0.316 e. The van der Waals surface area contributed by atoms with Crippen LogP contribution in [0.1, 0.15) is 11.4 Å². The van der Waals surface area contributed by atoms with Crippen LogP contribution in [0, 0.1) is 35.8 Å². The Balaban J connectivity index is 1.61. The lowest BCUT2D eigenvalue weighted by molar-refractivity contribution is 1.12. The highest BCUT2D eigenvalue weighted by Gasteiger charge is 2.26. The van der Waals surface area contributed by atoms with Gasteiger partial charge < -0.3 is 9.69 Å². The Morgan fingerprint density at radius 1 is 0.600 bits per heavy atom. The van der Waals surface area contributed by atoms with Crippen molar-refractivity contribution in [2.24, 2.45) is 0 Å². The molecule has 14 nitrogen and oxygen atoms in total. The Morgan fingerprint density at radius 2 is 1.05 bits per heavy atom.